The molecule has 1 saturated heterocycles. The average Bonchev–Trinajstić information content (AvgIpc) is 3.42. The zero-order chi connectivity index (χ0) is 16.8. The second kappa shape index (κ2) is 5.83. The van der Waals surface area contributed by atoms with Gasteiger partial charge in [0, 0.05) is 19.3 Å². The van der Waals surface area contributed by atoms with Crippen molar-refractivity contribution >= 4 is 29.0 Å². The van der Waals surface area contributed by atoms with Crippen molar-refractivity contribution in [1.29, 1.82) is 0 Å². The molecule has 0 N–H and O–H groups in total. The molecule has 0 aromatic carbocycles. The van der Waals surface area contributed by atoms with E-state index < -0.39 is 0 Å². The van der Waals surface area contributed by atoms with Crippen molar-refractivity contribution in [3.63, 3.8) is 0 Å². The normalized spacial score (nSPS) is 22.2. The molecule has 5 heterocycles. The van der Waals surface area contributed by atoms with Crippen LogP contribution in [0.5, 0.6) is 0 Å². The van der Waals surface area contributed by atoms with Crippen LogP contribution in [-0.2, 0) is 6.54 Å². The van der Waals surface area contributed by atoms with Gasteiger partial charge in [-0.3, -0.25) is 9.79 Å². The standard InChI is InChI=1S/C16H17N7OS/c24-16-11-8-23(20-12(11)9-22(16)15-7-17-10-25-15)14-4-3-13(18-19-14)21-5-1-2-6-21/h3-4,8,10,15H,1-2,5-7,9H2. The van der Waals surface area contributed by atoms with Gasteiger partial charge in [0.05, 0.1) is 29.9 Å². The molecule has 2 aromatic heterocycles. The van der Waals surface area contributed by atoms with Crippen LogP contribution >= 0.6 is 11.8 Å². The molecule has 2 aromatic rings. The number of rotatable bonds is 3. The molecule has 1 fully saturated rings. The van der Waals surface area contributed by atoms with Gasteiger partial charge >= 0.3 is 0 Å². The fourth-order valence-corrected chi connectivity index (χ4v) is 4.26. The third-order valence-corrected chi connectivity index (χ3v) is 5.79. The molecule has 0 spiro atoms. The van der Waals surface area contributed by atoms with Crippen LogP contribution in [0, 0.1) is 0 Å². The summed E-state index contributed by atoms with van der Waals surface area (Å²) < 4.78 is 1.65. The van der Waals surface area contributed by atoms with Crippen LogP contribution in [0.1, 0.15) is 28.9 Å². The number of thioether (sulfide) groups is 1. The van der Waals surface area contributed by atoms with Crippen molar-refractivity contribution in [2.24, 2.45) is 4.99 Å². The molecule has 25 heavy (non-hydrogen) atoms. The van der Waals surface area contributed by atoms with Crippen molar-refractivity contribution in [1.82, 2.24) is 24.9 Å². The molecule has 1 unspecified atom stereocenters. The van der Waals surface area contributed by atoms with E-state index in [0.29, 0.717) is 24.5 Å². The van der Waals surface area contributed by atoms with Gasteiger partial charge in [-0.2, -0.15) is 5.10 Å². The number of hydrogen-bond acceptors (Lipinski definition) is 7. The minimum absolute atomic E-state index is 0.0193. The van der Waals surface area contributed by atoms with Gasteiger partial charge in [-0.05, 0) is 25.0 Å². The van der Waals surface area contributed by atoms with Gasteiger partial charge in [-0.25, -0.2) is 4.68 Å². The topological polar surface area (TPSA) is 79.5 Å². The van der Waals surface area contributed by atoms with Crippen molar-refractivity contribution < 1.29 is 4.79 Å². The van der Waals surface area contributed by atoms with E-state index >= 15 is 0 Å². The lowest BCUT2D eigenvalue weighted by molar-refractivity contribution is 0.0765. The van der Waals surface area contributed by atoms with Crippen molar-refractivity contribution in [2.75, 3.05) is 24.5 Å². The highest BCUT2D eigenvalue weighted by Gasteiger charge is 2.36. The summed E-state index contributed by atoms with van der Waals surface area (Å²) in [6.45, 7) is 3.26. The van der Waals surface area contributed by atoms with E-state index in [0.717, 1.165) is 24.6 Å². The maximum atomic E-state index is 12.6. The molecule has 1 atom stereocenters. The predicted molar refractivity (Wildman–Crippen MR) is 95.2 cm³/mol. The molecule has 9 heteroatoms. The van der Waals surface area contributed by atoms with Crippen molar-refractivity contribution in [3.05, 3.63) is 29.6 Å². The second-order valence-corrected chi connectivity index (χ2v) is 7.40. The maximum Gasteiger partial charge on any atom is 0.258 e. The summed E-state index contributed by atoms with van der Waals surface area (Å²) in [6, 6.07) is 3.88. The van der Waals surface area contributed by atoms with Crippen LogP contribution in [-0.4, -0.2) is 61.3 Å². The number of anilines is 1. The van der Waals surface area contributed by atoms with Crippen LogP contribution in [0.25, 0.3) is 5.82 Å². The number of nitrogens with zero attached hydrogens (tertiary/aromatic N) is 7. The lowest BCUT2D eigenvalue weighted by Crippen LogP contribution is -2.34. The number of amides is 1. The minimum Gasteiger partial charge on any atom is -0.355 e. The summed E-state index contributed by atoms with van der Waals surface area (Å²) in [5.74, 6) is 1.56. The number of aliphatic imine (C=N–C) groups is 1. The molecule has 0 radical (unpaired) electrons. The predicted octanol–water partition coefficient (Wildman–Crippen LogP) is 1.32. The first-order chi connectivity index (χ1) is 12.3. The van der Waals surface area contributed by atoms with Crippen LogP contribution in [0.15, 0.2) is 23.3 Å². The smallest absolute Gasteiger partial charge is 0.258 e. The highest BCUT2D eigenvalue weighted by atomic mass is 32.2. The maximum absolute atomic E-state index is 12.6. The van der Waals surface area contributed by atoms with Gasteiger partial charge in [0.25, 0.3) is 5.91 Å². The number of hydrogen-bond donors (Lipinski definition) is 0. The van der Waals surface area contributed by atoms with Gasteiger partial charge in [-0.15, -0.1) is 10.2 Å². The Morgan fingerprint density at radius 2 is 1.92 bits per heavy atom. The van der Waals surface area contributed by atoms with Crippen LogP contribution < -0.4 is 4.90 Å². The first-order valence-electron chi connectivity index (χ1n) is 8.42. The zero-order valence-electron chi connectivity index (χ0n) is 13.6. The molecule has 3 aliphatic rings. The molecule has 3 aliphatic heterocycles. The Labute approximate surface area is 148 Å². The SMILES string of the molecule is O=C1c2cn(-c3ccc(N4CCCC4)nn3)nc2CN1C1CN=CS1. The molecule has 8 nitrogen and oxygen atoms in total. The number of aromatic nitrogens is 4. The molecular weight excluding hydrogens is 338 g/mol. The first kappa shape index (κ1) is 14.9. The molecule has 5 rings (SSSR count). The number of carbonyl (C=O) groups excluding carboxylic acids is 1. The molecule has 0 aliphatic carbocycles. The van der Waals surface area contributed by atoms with Crippen LogP contribution in [0.3, 0.4) is 0 Å². The Hall–Kier alpha value is -2.42. The van der Waals surface area contributed by atoms with E-state index in [-0.39, 0.29) is 11.3 Å². The summed E-state index contributed by atoms with van der Waals surface area (Å²) in [5.41, 5.74) is 3.26. The van der Waals surface area contributed by atoms with E-state index in [9.17, 15) is 4.79 Å². The van der Waals surface area contributed by atoms with E-state index in [4.69, 9.17) is 0 Å². The van der Waals surface area contributed by atoms with Crippen LogP contribution in [0.2, 0.25) is 0 Å². The number of carbonyl (C=O) groups is 1. The average molecular weight is 355 g/mol. The van der Waals surface area contributed by atoms with E-state index in [1.54, 1.807) is 22.6 Å². The Morgan fingerprint density at radius 3 is 2.60 bits per heavy atom. The van der Waals surface area contributed by atoms with Crippen LogP contribution in [0.4, 0.5) is 5.82 Å². The van der Waals surface area contributed by atoms with Crippen molar-refractivity contribution in [3.8, 4) is 5.82 Å². The fourth-order valence-electron chi connectivity index (χ4n) is 3.46. The highest BCUT2D eigenvalue weighted by molar-refractivity contribution is 8.12. The molecule has 1 amide bonds. The zero-order valence-corrected chi connectivity index (χ0v) is 14.4. The summed E-state index contributed by atoms with van der Waals surface area (Å²) in [7, 11) is 0. The van der Waals surface area contributed by atoms with Gasteiger partial charge in [0.2, 0.25) is 0 Å². The Kier molecular flexibility index (Phi) is 3.47. The summed E-state index contributed by atoms with van der Waals surface area (Å²) >= 11 is 1.58. The second-order valence-electron chi connectivity index (χ2n) is 6.37. The molecule has 0 bridgehead atoms. The Morgan fingerprint density at radius 1 is 1.12 bits per heavy atom. The summed E-state index contributed by atoms with van der Waals surface area (Å²) in [4.78, 5) is 20.9. The Balaban J connectivity index is 1.36. The monoisotopic (exact) mass is 355 g/mol. The molecular formula is C16H17N7OS. The fraction of sp³-hybridized carbons (Fsp3) is 0.438. The summed E-state index contributed by atoms with van der Waals surface area (Å²) in [5, 5.41) is 13.2. The third-order valence-electron chi connectivity index (χ3n) is 4.80. The first-order valence-corrected chi connectivity index (χ1v) is 9.36. The van der Waals surface area contributed by atoms with Gasteiger partial charge in [0.1, 0.15) is 5.37 Å². The lowest BCUT2D eigenvalue weighted by Gasteiger charge is -2.21. The van der Waals surface area contributed by atoms with Gasteiger partial charge in [0.15, 0.2) is 11.6 Å². The number of fused-ring (bicyclic) bond motifs is 1. The quantitative estimate of drug-likeness (QED) is 0.826. The third kappa shape index (κ3) is 2.50. The molecule has 128 valence electrons. The van der Waals surface area contributed by atoms with Crippen molar-refractivity contribution in [2.45, 2.75) is 24.8 Å². The van der Waals surface area contributed by atoms with E-state index in [1.165, 1.54) is 12.8 Å². The molecule has 0 saturated carbocycles. The minimum atomic E-state index is 0.0193. The van der Waals surface area contributed by atoms with E-state index in [2.05, 4.69) is 25.2 Å². The lowest BCUT2D eigenvalue weighted by atomic mass is 10.3. The highest BCUT2D eigenvalue weighted by Crippen LogP contribution is 2.30. The largest absolute Gasteiger partial charge is 0.355 e. The summed E-state index contributed by atoms with van der Waals surface area (Å²) in [6.07, 6.45) is 4.17. The van der Waals surface area contributed by atoms with Gasteiger partial charge < -0.3 is 9.80 Å². The van der Waals surface area contributed by atoms with Gasteiger partial charge in [-0.1, -0.05) is 11.8 Å². The Bertz CT molecular complexity index is 833. The van der Waals surface area contributed by atoms with E-state index in [1.807, 2.05) is 22.6 Å².